The first-order chi connectivity index (χ1) is 4.91. The van der Waals surface area contributed by atoms with E-state index in [9.17, 15) is 13.2 Å². The smallest absolute Gasteiger partial charge is 0.310 e. The van der Waals surface area contributed by atoms with E-state index in [1.807, 2.05) is 0 Å². The van der Waals surface area contributed by atoms with E-state index in [1.54, 1.807) is 6.92 Å². The number of rotatable bonds is 0. The fourth-order valence-electron chi connectivity index (χ4n) is 0.699. The molecule has 11 heavy (non-hydrogen) atoms. The molecular formula is C6H7F3N2. The highest BCUT2D eigenvalue weighted by molar-refractivity contribution is 5.99. The van der Waals surface area contributed by atoms with E-state index in [2.05, 4.69) is 12.1 Å². The molecule has 0 aromatic carbocycles. The van der Waals surface area contributed by atoms with Crippen LogP contribution in [0.15, 0.2) is 16.9 Å². The number of hydrogen-bond donors (Lipinski definition) is 1. The summed E-state index contributed by atoms with van der Waals surface area (Å²) < 4.78 is 35.7. The van der Waals surface area contributed by atoms with Gasteiger partial charge in [-0.05, 0) is 0 Å². The Morgan fingerprint density at radius 3 is 2.27 bits per heavy atom. The van der Waals surface area contributed by atoms with Crippen LogP contribution in [0, 0.1) is 7.05 Å². The molecule has 0 aliphatic carbocycles. The van der Waals surface area contributed by atoms with E-state index in [1.165, 1.54) is 0 Å². The first-order valence-electron chi connectivity index (χ1n) is 2.95. The molecule has 0 bridgehead atoms. The lowest BCUT2D eigenvalue weighted by Crippen LogP contribution is -2.98. The highest BCUT2D eigenvalue weighted by Crippen LogP contribution is 2.19. The van der Waals surface area contributed by atoms with Gasteiger partial charge in [-0.3, -0.25) is 0 Å². The largest absolute Gasteiger partial charge is 0.438 e. The van der Waals surface area contributed by atoms with E-state index in [4.69, 9.17) is 0 Å². The van der Waals surface area contributed by atoms with Crippen LogP contribution in [0.1, 0.15) is 6.92 Å². The van der Waals surface area contributed by atoms with Crippen molar-refractivity contribution in [1.82, 2.24) is 0 Å². The van der Waals surface area contributed by atoms with Crippen molar-refractivity contribution in [3.8, 4) is 0 Å². The minimum atomic E-state index is -4.35. The van der Waals surface area contributed by atoms with Gasteiger partial charge in [-0.2, -0.15) is 13.2 Å². The Kier molecular flexibility index (Phi) is 1.75. The number of nitrogens with one attached hydrogen (secondary N) is 1. The molecule has 0 aromatic rings. The van der Waals surface area contributed by atoms with Crippen molar-refractivity contribution in [2.45, 2.75) is 13.1 Å². The lowest BCUT2D eigenvalue weighted by atomic mass is 10.3. The van der Waals surface area contributed by atoms with Gasteiger partial charge in [-0.25, -0.2) is 0 Å². The molecule has 1 unspecified atom stereocenters. The van der Waals surface area contributed by atoms with Gasteiger partial charge in [-0.15, -0.1) is 12.1 Å². The van der Waals surface area contributed by atoms with Crippen LogP contribution >= 0.6 is 0 Å². The molecule has 1 aliphatic heterocycles. The average Bonchev–Trinajstić information content (AvgIpc) is 2.11. The zero-order valence-electron chi connectivity index (χ0n) is 5.87. The second-order valence-corrected chi connectivity index (χ2v) is 2.27. The van der Waals surface area contributed by atoms with Crippen LogP contribution in [0.25, 0.3) is 0 Å². The highest BCUT2D eigenvalue weighted by Gasteiger charge is 2.38. The Morgan fingerprint density at radius 2 is 2.09 bits per heavy atom. The molecule has 5 heteroatoms. The maximum atomic E-state index is 11.9. The molecule has 1 aliphatic rings. The third-order valence-electron chi connectivity index (χ3n) is 1.35. The standard InChI is InChI=1S/C6H7F3N2/c1-4-3-5(6(7,8)9)10-11(4)2/h3,11H,2H2,1H3. The van der Waals surface area contributed by atoms with E-state index >= 15 is 0 Å². The summed E-state index contributed by atoms with van der Waals surface area (Å²) in [7, 11) is 3.34. The number of allylic oxidation sites excluding steroid dienone is 2. The molecule has 0 radical (unpaired) electrons. The van der Waals surface area contributed by atoms with Crippen LogP contribution in [0.2, 0.25) is 0 Å². The van der Waals surface area contributed by atoms with Crippen molar-refractivity contribution >= 4 is 5.71 Å². The second kappa shape index (κ2) is 2.34. The third-order valence-corrected chi connectivity index (χ3v) is 1.35. The Morgan fingerprint density at radius 1 is 1.55 bits per heavy atom. The van der Waals surface area contributed by atoms with Crippen molar-refractivity contribution < 1.29 is 18.2 Å². The normalized spacial score (nSPS) is 25.0. The van der Waals surface area contributed by atoms with Crippen LogP contribution < -0.4 is 5.01 Å². The first-order valence-corrected chi connectivity index (χ1v) is 2.95. The third kappa shape index (κ3) is 1.59. The molecule has 0 amide bonds. The molecule has 1 N–H and O–H groups in total. The predicted octanol–water partition coefficient (Wildman–Crippen LogP) is 0.499. The summed E-state index contributed by atoms with van der Waals surface area (Å²) >= 11 is 0. The van der Waals surface area contributed by atoms with Crippen molar-refractivity contribution in [3.63, 3.8) is 0 Å². The number of halogens is 3. The van der Waals surface area contributed by atoms with Crippen LogP contribution in [0.5, 0.6) is 0 Å². The topological polar surface area (TPSA) is 16.8 Å². The molecule has 0 saturated heterocycles. The minimum Gasteiger partial charge on any atom is -0.310 e. The Balaban J connectivity index is 2.87. The monoisotopic (exact) mass is 164 g/mol. The van der Waals surface area contributed by atoms with Gasteiger partial charge in [0.2, 0.25) is 5.71 Å². The lowest BCUT2D eigenvalue weighted by molar-refractivity contribution is -0.816. The number of quaternary nitrogens is 1. The molecule has 2 nitrogen and oxygen atoms in total. The quantitative estimate of drug-likeness (QED) is 0.502. The summed E-state index contributed by atoms with van der Waals surface area (Å²) in [6.45, 7) is 1.55. The number of hydrogen-bond acceptors (Lipinski definition) is 1. The molecule has 0 saturated carbocycles. The molecule has 0 aromatic heterocycles. The fourth-order valence-corrected chi connectivity index (χ4v) is 0.699. The van der Waals surface area contributed by atoms with Gasteiger partial charge >= 0.3 is 6.18 Å². The minimum absolute atomic E-state index is 0.192. The zero-order valence-corrected chi connectivity index (χ0v) is 5.87. The van der Waals surface area contributed by atoms with Gasteiger partial charge in [0.25, 0.3) is 0 Å². The van der Waals surface area contributed by atoms with E-state index in [0.717, 1.165) is 6.08 Å². The average molecular weight is 164 g/mol. The summed E-state index contributed by atoms with van der Waals surface area (Å²) in [4.78, 5) is 0. The van der Waals surface area contributed by atoms with Crippen LogP contribution in [-0.4, -0.2) is 11.9 Å². The highest BCUT2D eigenvalue weighted by atomic mass is 19.4. The molecule has 0 spiro atoms. The Hall–Kier alpha value is -0.840. The zero-order chi connectivity index (χ0) is 8.65. The van der Waals surface area contributed by atoms with Gasteiger partial charge in [0, 0.05) is 13.0 Å². The Labute approximate surface area is 62.0 Å². The number of nitrogens with zero attached hydrogens (tertiary/aromatic N) is 1. The first kappa shape index (κ1) is 8.26. The maximum Gasteiger partial charge on any atom is 0.438 e. The molecule has 1 atom stereocenters. The van der Waals surface area contributed by atoms with E-state index < -0.39 is 11.9 Å². The predicted molar refractivity (Wildman–Crippen MR) is 33.6 cm³/mol. The fraction of sp³-hybridized carbons (Fsp3) is 0.333. The summed E-state index contributed by atoms with van der Waals surface area (Å²) in [6, 6.07) is 0. The van der Waals surface area contributed by atoms with E-state index in [-0.39, 0.29) is 5.01 Å². The molecular weight excluding hydrogens is 157 g/mol. The lowest BCUT2D eigenvalue weighted by Gasteiger charge is -2.06. The summed E-state index contributed by atoms with van der Waals surface area (Å²) in [5.41, 5.74) is -0.391. The van der Waals surface area contributed by atoms with Gasteiger partial charge in [-0.1, -0.05) is 0 Å². The van der Waals surface area contributed by atoms with Crippen molar-refractivity contribution in [3.05, 3.63) is 18.8 Å². The van der Waals surface area contributed by atoms with Crippen molar-refractivity contribution in [2.75, 3.05) is 0 Å². The van der Waals surface area contributed by atoms with Crippen molar-refractivity contribution in [1.29, 1.82) is 0 Å². The number of alkyl halides is 3. The molecule has 62 valence electrons. The van der Waals surface area contributed by atoms with Crippen LogP contribution in [0.4, 0.5) is 13.2 Å². The SMILES string of the molecule is [CH2-][NH+]1N=C(C(F)(F)F)C=C1C. The molecule has 0 fully saturated rings. The summed E-state index contributed by atoms with van der Waals surface area (Å²) in [6.07, 6.45) is -3.36. The van der Waals surface area contributed by atoms with E-state index in [0.29, 0.717) is 5.70 Å². The van der Waals surface area contributed by atoms with Gasteiger partial charge in [0.1, 0.15) is 5.70 Å². The van der Waals surface area contributed by atoms with Gasteiger partial charge in [0.05, 0.1) is 0 Å². The van der Waals surface area contributed by atoms with Gasteiger partial charge in [0.15, 0.2) is 0 Å². The second-order valence-electron chi connectivity index (χ2n) is 2.27. The molecule has 1 heterocycles. The van der Waals surface area contributed by atoms with Gasteiger partial charge < -0.3 is 5.01 Å². The molecule has 1 rings (SSSR count). The van der Waals surface area contributed by atoms with Crippen LogP contribution in [0.3, 0.4) is 0 Å². The summed E-state index contributed by atoms with van der Waals surface area (Å²) in [5.74, 6) is 0. The van der Waals surface area contributed by atoms with Crippen LogP contribution in [-0.2, 0) is 0 Å². The maximum absolute atomic E-state index is 11.9. The summed E-state index contributed by atoms with van der Waals surface area (Å²) in [5, 5.41) is 3.44. The Bertz CT molecular complexity index is 226. The van der Waals surface area contributed by atoms with Crippen molar-refractivity contribution in [2.24, 2.45) is 5.10 Å².